The highest BCUT2D eigenvalue weighted by Gasteiger charge is 2.00. The quantitative estimate of drug-likeness (QED) is 0.493. The second-order valence-corrected chi connectivity index (χ2v) is 5.85. The van der Waals surface area contributed by atoms with Crippen LogP contribution in [0.5, 0.6) is 0 Å². The Morgan fingerprint density at radius 2 is 1.36 bits per heavy atom. The van der Waals surface area contributed by atoms with Crippen molar-refractivity contribution in [2.24, 2.45) is 0 Å². The summed E-state index contributed by atoms with van der Waals surface area (Å²) in [5.41, 5.74) is 6.04. The minimum atomic E-state index is 1.01. The second kappa shape index (κ2) is 8.70. The molecule has 0 spiro atoms. The SMILES string of the molecule is CC/C=C(\C=CNc1ccccc1)c1ccc(-c2ccccc2)cc1. The third kappa shape index (κ3) is 4.71. The summed E-state index contributed by atoms with van der Waals surface area (Å²) < 4.78 is 0. The largest absolute Gasteiger partial charge is 0.362 e. The molecule has 0 unspecified atom stereocenters. The molecule has 0 aliphatic carbocycles. The third-order valence-electron chi connectivity index (χ3n) is 4.04. The van der Waals surface area contributed by atoms with Gasteiger partial charge >= 0.3 is 0 Å². The topological polar surface area (TPSA) is 12.0 Å². The molecule has 124 valence electrons. The minimum absolute atomic E-state index is 1.01. The van der Waals surface area contributed by atoms with Crippen LogP contribution < -0.4 is 5.32 Å². The highest BCUT2D eigenvalue weighted by atomic mass is 14.8. The standard InChI is InChI=1S/C24H23N/c1-2-9-20(18-19-25-24-12-7-4-8-13-24)22-14-16-23(17-15-22)21-10-5-3-6-11-21/h3-19,25H,2H2,1H3/b19-18?,20-9+. The fourth-order valence-electron chi connectivity index (χ4n) is 2.75. The first-order valence-electron chi connectivity index (χ1n) is 8.71. The molecule has 0 aromatic heterocycles. The number of allylic oxidation sites excluding steroid dienone is 3. The van der Waals surface area contributed by atoms with Crippen molar-refractivity contribution in [2.75, 3.05) is 5.32 Å². The molecular formula is C24H23N. The zero-order valence-corrected chi connectivity index (χ0v) is 14.5. The Labute approximate surface area is 150 Å². The maximum absolute atomic E-state index is 3.32. The van der Waals surface area contributed by atoms with Crippen LogP contribution in [-0.2, 0) is 0 Å². The van der Waals surface area contributed by atoms with Crippen molar-refractivity contribution in [2.45, 2.75) is 13.3 Å². The maximum atomic E-state index is 3.32. The van der Waals surface area contributed by atoms with Crippen molar-refractivity contribution in [3.8, 4) is 11.1 Å². The molecule has 0 saturated carbocycles. The third-order valence-corrected chi connectivity index (χ3v) is 4.04. The van der Waals surface area contributed by atoms with Gasteiger partial charge in [-0.05, 0) is 46.9 Å². The van der Waals surface area contributed by atoms with E-state index in [9.17, 15) is 0 Å². The molecular weight excluding hydrogens is 302 g/mol. The van der Waals surface area contributed by atoms with Crippen LogP contribution in [0.15, 0.2) is 103 Å². The highest BCUT2D eigenvalue weighted by Crippen LogP contribution is 2.23. The smallest absolute Gasteiger partial charge is 0.0379 e. The lowest BCUT2D eigenvalue weighted by molar-refractivity contribution is 1.23. The summed E-state index contributed by atoms with van der Waals surface area (Å²) in [6.07, 6.45) is 7.39. The molecule has 0 bridgehead atoms. The van der Waals surface area contributed by atoms with Gasteiger partial charge in [-0.15, -0.1) is 0 Å². The molecule has 0 atom stereocenters. The van der Waals surface area contributed by atoms with Gasteiger partial charge in [-0.2, -0.15) is 0 Å². The molecule has 0 amide bonds. The zero-order valence-electron chi connectivity index (χ0n) is 14.5. The average Bonchev–Trinajstić information content (AvgIpc) is 2.69. The second-order valence-electron chi connectivity index (χ2n) is 5.85. The molecule has 1 heteroatoms. The van der Waals surface area contributed by atoms with Gasteiger partial charge in [-0.25, -0.2) is 0 Å². The Morgan fingerprint density at radius 3 is 2.00 bits per heavy atom. The van der Waals surface area contributed by atoms with Gasteiger partial charge in [0, 0.05) is 11.9 Å². The van der Waals surface area contributed by atoms with E-state index < -0.39 is 0 Å². The fourth-order valence-corrected chi connectivity index (χ4v) is 2.75. The Kier molecular flexibility index (Phi) is 5.84. The first-order chi connectivity index (χ1) is 12.4. The Balaban J connectivity index is 1.75. The van der Waals surface area contributed by atoms with Crippen LogP contribution in [0.1, 0.15) is 18.9 Å². The van der Waals surface area contributed by atoms with Crippen molar-refractivity contribution >= 4 is 11.3 Å². The molecule has 3 rings (SSSR count). The number of anilines is 1. The van der Waals surface area contributed by atoms with Gasteiger partial charge in [0.25, 0.3) is 0 Å². The van der Waals surface area contributed by atoms with E-state index in [1.165, 1.54) is 22.3 Å². The lowest BCUT2D eigenvalue weighted by Crippen LogP contribution is -1.88. The van der Waals surface area contributed by atoms with Gasteiger partial charge in [0.1, 0.15) is 0 Å². The molecule has 0 heterocycles. The molecule has 3 aromatic carbocycles. The first kappa shape index (κ1) is 16.8. The van der Waals surface area contributed by atoms with Crippen molar-refractivity contribution < 1.29 is 0 Å². The summed E-state index contributed by atoms with van der Waals surface area (Å²) in [4.78, 5) is 0. The number of nitrogens with one attached hydrogen (secondary N) is 1. The summed E-state index contributed by atoms with van der Waals surface area (Å²) >= 11 is 0. The van der Waals surface area contributed by atoms with Crippen molar-refractivity contribution in [3.63, 3.8) is 0 Å². The van der Waals surface area contributed by atoms with E-state index in [-0.39, 0.29) is 0 Å². The molecule has 25 heavy (non-hydrogen) atoms. The molecule has 1 nitrogen and oxygen atoms in total. The predicted octanol–water partition coefficient (Wildman–Crippen LogP) is 6.77. The zero-order chi connectivity index (χ0) is 17.3. The summed E-state index contributed by atoms with van der Waals surface area (Å²) in [6.45, 7) is 2.16. The Bertz CT molecular complexity index is 828. The van der Waals surface area contributed by atoms with E-state index in [1.54, 1.807) is 0 Å². The van der Waals surface area contributed by atoms with Crippen LogP contribution in [0.3, 0.4) is 0 Å². The van der Waals surface area contributed by atoms with Crippen LogP contribution in [-0.4, -0.2) is 0 Å². The molecule has 1 N–H and O–H groups in total. The van der Waals surface area contributed by atoms with Gasteiger partial charge in [-0.1, -0.05) is 85.8 Å². The van der Waals surface area contributed by atoms with E-state index in [2.05, 4.69) is 85.1 Å². The van der Waals surface area contributed by atoms with Crippen LogP contribution in [0.25, 0.3) is 16.7 Å². The predicted molar refractivity (Wildman–Crippen MR) is 109 cm³/mol. The molecule has 0 fully saturated rings. The normalized spacial score (nSPS) is 11.6. The van der Waals surface area contributed by atoms with E-state index >= 15 is 0 Å². The van der Waals surface area contributed by atoms with Crippen LogP contribution >= 0.6 is 0 Å². The number of hydrogen-bond donors (Lipinski definition) is 1. The van der Waals surface area contributed by atoms with Crippen molar-refractivity contribution in [1.82, 2.24) is 0 Å². The molecule has 0 aliphatic rings. The number of rotatable bonds is 6. The summed E-state index contributed by atoms with van der Waals surface area (Å²) in [6, 6.07) is 29.4. The summed E-state index contributed by atoms with van der Waals surface area (Å²) in [5.74, 6) is 0. The van der Waals surface area contributed by atoms with Gasteiger partial charge in [0.2, 0.25) is 0 Å². The molecule has 0 saturated heterocycles. The van der Waals surface area contributed by atoms with E-state index in [0.29, 0.717) is 0 Å². The minimum Gasteiger partial charge on any atom is -0.362 e. The van der Waals surface area contributed by atoms with E-state index in [1.807, 2.05) is 30.5 Å². The van der Waals surface area contributed by atoms with Crippen LogP contribution in [0.2, 0.25) is 0 Å². The summed E-state index contributed by atoms with van der Waals surface area (Å²) in [7, 11) is 0. The van der Waals surface area contributed by atoms with Crippen molar-refractivity contribution in [3.05, 3.63) is 109 Å². The maximum Gasteiger partial charge on any atom is 0.0379 e. The molecule has 0 radical (unpaired) electrons. The summed E-state index contributed by atoms with van der Waals surface area (Å²) in [5, 5.41) is 3.32. The lowest BCUT2D eigenvalue weighted by atomic mass is 10.00. The monoisotopic (exact) mass is 325 g/mol. The van der Waals surface area contributed by atoms with Gasteiger partial charge in [0.15, 0.2) is 0 Å². The Morgan fingerprint density at radius 1 is 0.760 bits per heavy atom. The van der Waals surface area contributed by atoms with Gasteiger partial charge in [0.05, 0.1) is 0 Å². The van der Waals surface area contributed by atoms with E-state index in [0.717, 1.165) is 12.1 Å². The molecule has 3 aromatic rings. The van der Waals surface area contributed by atoms with Crippen LogP contribution in [0, 0.1) is 0 Å². The van der Waals surface area contributed by atoms with E-state index in [4.69, 9.17) is 0 Å². The van der Waals surface area contributed by atoms with Crippen molar-refractivity contribution in [1.29, 1.82) is 0 Å². The first-order valence-corrected chi connectivity index (χ1v) is 8.71. The highest BCUT2D eigenvalue weighted by molar-refractivity contribution is 5.76. The Hall–Kier alpha value is -3.06. The average molecular weight is 325 g/mol. The number of hydrogen-bond acceptors (Lipinski definition) is 1. The number of para-hydroxylation sites is 1. The molecule has 0 aliphatic heterocycles. The van der Waals surface area contributed by atoms with Gasteiger partial charge < -0.3 is 5.32 Å². The van der Waals surface area contributed by atoms with Gasteiger partial charge in [-0.3, -0.25) is 0 Å². The van der Waals surface area contributed by atoms with Crippen LogP contribution in [0.4, 0.5) is 5.69 Å². The lowest BCUT2D eigenvalue weighted by Gasteiger charge is -2.07. The number of benzene rings is 3. The fraction of sp³-hybridized carbons (Fsp3) is 0.0833.